The van der Waals surface area contributed by atoms with Crippen LogP contribution in [0, 0.1) is 12.8 Å². The molecule has 2 aromatic carbocycles. The third-order valence-electron chi connectivity index (χ3n) is 5.73. The third kappa shape index (κ3) is 5.50. The van der Waals surface area contributed by atoms with Crippen molar-refractivity contribution in [3.8, 4) is 0 Å². The van der Waals surface area contributed by atoms with Gasteiger partial charge in [-0.3, -0.25) is 0 Å². The molecular formula is C25H32ClN2+. The Labute approximate surface area is 174 Å². The van der Waals surface area contributed by atoms with E-state index < -0.39 is 0 Å². The van der Waals surface area contributed by atoms with Crippen molar-refractivity contribution in [3.05, 3.63) is 94.3 Å². The first kappa shape index (κ1) is 20.7. The van der Waals surface area contributed by atoms with Crippen LogP contribution in [0.1, 0.15) is 43.2 Å². The van der Waals surface area contributed by atoms with Crippen LogP contribution in [0.25, 0.3) is 0 Å². The number of hydrogen-bond donors (Lipinski definition) is 1. The van der Waals surface area contributed by atoms with Crippen LogP contribution in [-0.4, -0.2) is 10.6 Å². The predicted octanol–water partition coefficient (Wildman–Crippen LogP) is 5.13. The molecule has 0 spiro atoms. The summed E-state index contributed by atoms with van der Waals surface area (Å²) in [6.07, 6.45) is 2.20. The number of hydrogen-bond acceptors (Lipinski definition) is 0. The van der Waals surface area contributed by atoms with E-state index in [4.69, 9.17) is 11.6 Å². The lowest BCUT2D eigenvalue weighted by molar-refractivity contribution is -0.954. The van der Waals surface area contributed by atoms with Crippen molar-refractivity contribution in [1.29, 1.82) is 0 Å². The number of aromatic nitrogens is 1. The lowest BCUT2D eigenvalue weighted by Gasteiger charge is -2.29. The van der Waals surface area contributed by atoms with E-state index in [-0.39, 0.29) is 0 Å². The molecule has 2 atom stereocenters. The summed E-state index contributed by atoms with van der Waals surface area (Å²) in [5.74, 6) is 0.620. The number of nitrogens with zero attached hydrogens (tertiary/aromatic N) is 1. The van der Waals surface area contributed by atoms with E-state index in [1.54, 1.807) is 4.90 Å². The van der Waals surface area contributed by atoms with Gasteiger partial charge in [0.25, 0.3) is 0 Å². The van der Waals surface area contributed by atoms with Gasteiger partial charge in [0, 0.05) is 29.2 Å². The van der Waals surface area contributed by atoms with Crippen LogP contribution in [0.15, 0.2) is 66.9 Å². The summed E-state index contributed by atoms with van der Waals surface area (Å²) in [5.41, 5.74) is 5.34. The molecule has 2 nitrogen and oxygen atoms in total. The molecule has 3 aromatic rings. The highest BCUT2D eigenvalue weighted by molar-refractivity contribution is 6.30. The van der Waals surface area contributed by atoms with E-state index in [2.05, 4.69) is 93.1 Å². The lowest BCUT2D eigenvalue weighted by Crippen LogP contribution is -3.13. The summed E-state index contributed by atoms with van der Waals surface area (Å²) in [4.78, 5) is 1.57. The second-order valence-electron chi connectivity index (χ2n) is 8.29. The van der Waals surface area contributed by atoms with E-state index in [9.17, 15) is 0 Å². The van der Waals surface area contributed by atoms with Gasteiger partial charge in [-0.2, -0.15) is 0 Å². The van der Waals surface area contributed by atoms with Gasteiger partial charge in [0.15, 0.2) is 0 Å². The Morgan fingerprint density at radius 2 is 1.64 bits per heavy atom. The van der Waals surface area contributed by atoms with Gasteiger partial charge in [-0.05, 0) is 43.7 Å². The van der Waals surface area contributed by atoms with Crippen LogP contribution in [0.5, 0.6) is 0 Å². The average Bonchev–Trinajstić information content (AvgIpc) is 3.07. The quantitative estimate of drug-likeness (QED) is 0.541. The topological polar surface area (TPSA) is 9.37 Å². The van der Waals surface area contributed by atoms with Gasteiger partial charge < -0.3 is 9.47 Å². The molecular weight excluding hydrogens is 364 g/mol. The van der Waals surface area contributed by atoms with Crippen molar-refractivity contribution >= 4 is 11.6 Å². The SMILES string of the molecule is Cc1cccc(Cn2cccc2C[NH+](Cc2cccc(Cl)c2)[C@H](C)C(C)C)c1. The fourth-order valence-corrected chi connectivity index (χ4v) is 3.98. The lowest BCUT2D eigenvalue weighted by atomic mass is 10.0. The summed E-state index contributed by atoms with van der Waals surface area (Å²) in [6, 6.07) is 22.1. The standard InChI is InChI=1S/C25H31ClN2/c1-19(2)21(4)28(17-23-10-6-11-24(26)15-23)18-25-12-7-13-27(25)16-22-9-5-8-20(3)14-22/h5-15,19,21H,16-18H2,1-4H3/p+1/t21-/m1/s1. The van der Waals surface area contributed by atoms with Gasteiger partial charge in [0.2, 0.25) is 0 Å². The minimum atomic E-state index is 0.557. The maximum absolute atomic E-state index is 6.23. The molecule has 0 aliphatic heterocycles. The Bertz CT molecular complexity index is 897. The zero-order valence-corrected chi connectivity index (χ0v) is 18.2. The smallest absolute Gasteiger partial charge is 0.118 e. The summed E-state index contributed by atoms with van der Waals surface area (Å²) >= 11 is 6.23. The van der Waals surface area contributed by atoms with Crippen LogP contribution in [0.3, 0.4) is 0 Å². The van der Waals surface area contributed by atoms with Gasteiger partial charge in [-0.1, -0.05) is 67.4 Å². The second kappa shape index (κ2) is 9.45. The molecule has 1 aromatic heterocycles. The molecule has 1 heterocycles. The number of benzene rings is 2. The van der Waals surface area contributed by atoms with Gasteiger partial charge in [-0.15, -0.1) is 0 Å². The highest BCUT2D eigenvalue weighted by Crippen LogP contribution is 2.12. The van der Waals surface area contributed by atoms with Crippen molar-refractivity contribution < 1.29 is 4.90 Å². The maximum Gasteiger partial charge on any atom is 0.118 e. The second-order valence-corrected chi connectivity index (χ2v) is 8.73. The zero-order chi connectivity index (χ0) is 20.1. The number of aryl methyl sites for hydroxylation is 1. The number of rotatable bonds is 8. The molecule has 0 aliphatic carbocycles. The number of nitrogens with one attached hydrogen (secondary N) is 1. The van der Waals surface area contributed by atoms with Gasteiger partial charge in [0.1, 0.15) is 13.1 Å². The molecule has 0 radical (unpaired) electrons. The molecule has 0 amide bonds. The molecule has 3 heteroatoms. The van der Waals surface area contributed by atoms with Crippen LogP contribution in [0.2, 0.25) is 5.02 Å². The van der Waals surface area contributed by atoms with Crippen molar-refractivity contribution in [2.45, 2.75) is 53.4 Å². The molecule has 148 valence electrons. The normalized spacial score (nSPS) is 13.6. The highest BCUT2D eigenvalue weighted by atomic mass is 35.5. The summed E-state index contributed by atoms with van der Waals surface area (Å²) in [7, 11) is 0. The molecule has 28 heavy (non-hydrogen) atoms. The van der Waals surface area contributed by atoms with Gasteiger partial charge >= 0.3 is 0 Å². The number of halogens is 1. The molecule has 1 N–H and O–H groups in total. The Morgan fingerprint density at radius 1 is 0.893 bits per heavy atom. The largest absolute Gasteiger partial charge is 0.342 e. The molecule has 0 aliphatic rings. The molecule has 0 saturated carbocycles. The highest BCUT2D eigenvalue weighted by Gasteiger charge is 2.23. The predicted molar refractivity (Wildman–Crippen MR) is 119 cm³/mol. The molecule has 0 fully saturated rings. The Morgan fingerprint density at radius 3 is 2.36 bits per heavy atom. The molecule has 0 saturated heterocycles. The summed E-state index contributed by atoms with van der Waals surface area (Å²) in [6.45, 7) is 12.0. The minimum absolute atomic E-state index is 0.557. The Balaban J connectivity index is 1.80. The van der Waals surface area contributed by atoms with E-state index in [1.807, 2.05) is 6.07 Å². The maximum atomic E-state index is 6.23. The van der Waals surface area contributed by atoms with Crippen molar-refractivity contribution in [2.24, 2.45) is 5.92 Å². The van der Waals surface area contributed by atoms with E-state index in [0.29, 0.717) is 12.0 Å². The summed E-state index contributed by atoms with van der Waals surface area (Å²) < 4.78 is 2.39. The molecule has 1 unspecified atom stereocenters. The first-order valence-electron chi connectivity index (χ1n) is 10.2. The van der Waals surface area contributed by atoms with Crippen molar-refractivity contribution in [3.63, 3.8) is 0 Å². The Hall–Kier alpha value is -2.03. The van der Waals surface area contributed by atoms with Crippen LogP contribution in [0.4, 0.5) is 0 Å². The van der Waals surface area contributed by atoms with E-state index in [0.717, 1.165) is 24.7 Å². The molecule has 0 bridgehead atoms. The van der Waals surface area contributed by atoms with E-state index >= 15 is 0 Å². The van der Waals surface area contributed by atoms with Gasteiger partial charge in [0.05, 0.1) is 11.7 Å². The van der Waals surface area contributed by atoms with Crippen molar-refractivity contribution in [1.82, 2.24) is 4.57 Å². The third-order valence-corrected chi connectivity index (χ3v) is 5.97. The average molecular weight is 396 g/mol. The van der Waals surface area contributed by atoms with Crippen LogP contribution < -0.4 is 4.90 Å². The first-order valence-corrected chi connectivity index (χ1v) is 10.6. The zero-order valence-electron chi connectivity index (χ0n) is 17.5. The van der Waals surface area contributed by atoms with E-state index in [1.165, 1.54) is 22.4 Å². The minimum Gasteiger partial charge on any atom is -0.342 e. The fourth-order valence-electron chi connectivity index (χ4n) is 3.77. The number of quaternary nitrogens is 1. The van der Waals surface area contributed by atoms with Crippen LogP contribution >= 0.6 is 11.6 Å². The first-order chi connectivity index (χ1) is 13.4. The monoisotopic (exact) mass is 395 g/mol. The van der Waals surface area contributed by atoms with Gasteiger partial charge in [-0.25, -0.2) is 0 Å². The van der Waals surface area contributed by atoms with Crippen LogP contribution in [-0.2, 0) is 19.6 Å². The fraction of sp³-hybridized carbons (Fsp3) is 0.360. The Kier molecular flexibility index (Phi) is 6.98. The van der Waals surface area contributed by atoms with Crippen molar-refractivity contribution in [2.75, 3.05) is 0 Å². The summed E-state index contributed by atoms with van der Waals surface area (Å²) in [5, 5.41) is 0.817. The molecule has 3 rings (SSSR count).